The Balaban J connectivity index is 1.94. The molecule has 0 amide bonds. The van der Waals surface area contributed by atoms with Gasteiger partial charge < -0.3 is 10.3 Å². The van der Waals surface area contributed by atoms with Crippen molar-refractivity contribution in [2.24, 2.45) is 12.8 Å². The molecule has 1 atom stereocenters. The number of hydrogen-bond donors (Lipinski definition) is 1. The smallest absolute Gasteiger partial charge is 0.128 e. The number of rotatable bonds is 3. The van der Waals surface area contributed by atoms with Crippen molar-refractivity contribution >= 4 is 11.0 Å². The number of imidazole rings is 1. The maximum absolute atomic E-state index is 13.9. The van der Waals surface area contributed by atoms with Gasteiger partial charge in [-0.1, -0.05) is 29.8 Å². The van der Waals surface area contributed by atoms with Crippen LogP contribution < -0.4 is 5.73 Å². The Morgan fingerprint density at radius 2 is 2.00 bits per heavy atom. The van der Waals surface area contributed by atoms with Gasteiger partial charge in [0.1, 0.15) is 11.6 Å². The van der Waals surface area contributed by atoms with Crippen LogP contribution in [0.1, 0.15) is 23.0 Å². The van der Waals surface area contributed by atoms with E-state index in [1.165, 1.54) is 6.07 Å². The zero-order valence-corrected chi connectivity index (χ0v) is 12.2. The van der Waals surface area contributed by atoms with Crippen LogP contribution in [0.4, 0.5) is 4.39 Å². The van der Waals surface area contributed by atoms with E-state index in [-0.39, 0.29) is 5.82 Å². The van der Waals surface area contributed by atoms with Crippen LogP contribution in [-0.2, 0) is 13.5 Å². The first-order chi connectivity index (χ1) is 10.1. The molecule has 21 heavy (non-hydrogen) atoms. The SMILES string of the molecule is Cc1ccc(F)c(C(N)Cc2nc3ccccc3n2C)c1. The number of para-hydroxylation sites is 2. The largest absolute Gasteiger partial charge is 0.331 e. The number of benzene rings is 2. The van der Waals surface area contributed by atoms with Crippen LogP contribution >= 0.6 is 0 Å². The molecule has 108 valence electrons. The first-order valence-corrected chi connectivity index (χ1v) is 6.98. The summed E-state index contributed by atoms with van der Waals surface area (Å²) in [5.41, 5.74) is 9.74. The minimum atomic E-state index is -0.402. The first kappa shape index (κ1) is 13.8. The Morgan fingerprint density at radius 1 is 1.24 bits per heavy atom. The molecule has 0 saturated heterocycles. The van der Waals surface area contributed by atoms with E-state index in [9.17, 15) is 4.39 Å². The average molecular weight is 283 g/mol. The summed E-state index contributed by atoms with van der Waals surface area (Å²) in [6, 6.07) is 12.6. The van der Waals surface area contributed by atoms with Gasteiger partial charge in [-0.05, 0) is 25.1 Å². The molecule has 0 aliphatic heterocycles. The van der Waals surface area contributed by atoms with Crippen LogP contribution in [0.15, 0.2) is 42.5 Å². The van der Waals surface area contributed by atoms with Crippen molar-refractivity contribution < 1.29 is 4.39 Å². The number of nitrogens with two attached hydrogens (primary N) is 1. The number of halogens is 1. The molecule has 3 aromatic rings. The number of fused-ring (bicyclic) bond motifs is 1. The standard InChI is InChI=1S/C17H18FN3/c1-11-7-8-13(18)12(9-11)14(19)10-17-20-15-5-3-4-6-16(15)21(17)2/h3-9,14H,10,19H2,1-2H3. The molecule has 0 spiro atoms. The molecule has 1 aromatic heterocycles. The highest BCUT2D eigenvalue weighted by atomic mass is 19.1. The predicted octanol–water partition coefficient (Wildman–Crippen LogP) is 3.26. The predicted molar refractivity (Wildman–Crippen MR) is 82.5 cm³/mol. The number of aromatic nitrogens is 2. The summed E-state index contributed by atoms with van der Waals surface area (Å²) in [6.45, 7) is 1.94. The lowest BCUT2D eigenvalue weighted by Crippen LogP contribution is -2.17. The van der Waals surface area contributed by atoms with Crippen LogP contribution in [0.25, 0.3) is 11.0 Å². The summed E-state index contributed by atoms with van der Waals surface area (Å²) >= 11 is 0. The minimum absolute atomic E-state index is 0.258. The zero-order chi connectivity index (χ0) is 15.0. The fourth-order valence-electron chi connectivity index (χ4n) is 2.63. The fourth-order valence-corrected chi connectivity index (χ4v) is 2.63. The Hall–Kier alpha value is -2.20. The zero-order valence-electron chi connectivity index (χ0n) is 12.2. The second-order valence-corrected chi connectivity index (χ2v) is 5.41. The fraction of sp³-hybridized carbons (Fsp3) is 0.235. The molecule has 0 bridgehead atoms. The molecule has 2 N–H and O–H groups in total. The second kappa shape index (κ2) is 5.30. The maximum Gasteiger partial charge on any atom is 0.128 e. The van der Waals surface area contributed by atoms with Crippen molar-refractivity contribution in [2.45, 2.75) is 19.4 Å². The van der Waals surface area contributed by atoms with Gasteiger partial charge in [-0.15, -0.1) is 0 Å². The highest BCUT2D eigenvalue weighted by Gasteiger charge is 2.16. The molecule has 0 fully saturated rings. The summed E-state index contributed by atoms with van der Waals surface area (Å²) < 4.78 is 15.9. The molecule has 0 saturated carbocycles. The maximum atomic E-state index is 13.9. The quantitative estimate of drug-likeness (QED) is 0.801. The first-order valence-electron chi connectivity index (χ1n) is 6.98. The third kappa shape index (κ3) is 2.54. The third-order valence-corrected chi connectivity index (χ3v) is 3.83. The summed E-state index contributed by atoms with van der Waals surface area (Å²) in [7, 11) is 1.96. The highest BCUT2D eigenvalue weighted by Crippen LogP contribution is 2.22. The lowest BCUT2D eigenvalue weighted by Gasteiger charge is -2.13. The Bertz CT molecular complexity index is 792. The molecule has 1 heterocycles. The summed E-state index contributed by atoms with van der Waals surface area (Å²) in [6.07, 6.45) is 0.506. The number of nitrogens with zero attached hydrogens (tertiary/aromatic N) is 2. The van der Waals surface area contributed by atoms with Crippen molar-refractivity contribution in [3.8, 4) is 0 Å². The molecule has 1 unspecified atom stereocenters. The van der Waals surface area contributed by atoms with Gasteiger partial charge in [0.15, 0.2) is 0 Å². The Labute approximate surface area is 123 Å². The van der Waals surface area contributed by atoms with Crippen molar-refractivity contribution in [1.82, 2.24) is 9.55 Å². The van der Waals surface area contributed by atoms with Crippen molar-refractivity contribution in [2.75, 3.05) is 0 Å². The van der Waals surface area contributed by atoms with E-state index in [2.05, 4.69) is 4.98 Å². The van der Waals surface area contributed by atoms with Gasteiger partial charge in [-0.25, -0.2) is 9.37 Å². The molecule has 0 aliphatic carbocycles. The Kier molecular flexibility index (Phi) is 3.47. The molecule has 0 aliphatic rings. The van der Waals surface area contributed by atoms with Gasteiger partial charge in [0.05, 0.1) is 11.0 Å². The van der Waals surface area contributed by atoms with Crippen LogP contribution in [0.3, 0.4) is 0 Å². The van der Waals surface area contributed by atoms with E-state index in [0.29, 0.717) is 12.0 Å². The summed E-state index contributed by atoms with van der Waals surface area (Å²) in [5, 5.41) is 0. The van der Waals surface area contributed by atoms with E-state index in [1.54, 1.807) is 6.07 Å². The molecular formula is C17H18FN3. The van der Waals surface area contributed by atoms with Crippen molar-refractivity contribution in [3.63, 3.8) is 0 Å². The lowest BCUT2D eigenvalue weighted by molar-refractivity contribution is 0.570. The summed E-state index contributed by atoms with van der Waals surface area (Å²) in [5.74, 6) is 0.608. The molecule has 3 rings (SSSR count). The summed E-state index contributed by atoms with van der Waals surface area (Å²) in [4.78, 5) is 4.59. The van der Waals surface area contributed by atoms with Crippen LogP contribution in [0.5, 0.6) is 0 Å². The molecule has 0 radical (unpaired) electrons. The third-order valence-electron chi connectivity index (χ3n) is 3.83. The number of aryl methyl sites for hydroxylation is 2. The van der Waals surface area contributed by atoms with E-state index in [4.69, 9.17) is 5.73 Å². The van der Waals surface area contributed by atoms with Crippen LogP contribution in [-0.4, -0.2) is 9.55 Å². The highest BCUT2D eigenvalue weighted by molar-refractivity contribution is 5.75. The molecular weight excluding hydrogens is 265 g/mol. The van der Waals surface area contributed by atoms with Gasteiger partial charge >= 0.3 is 0 Å². The molecule has 2 aromatic carbocycles. The monoisotopic (exact) mass is 283 g/mol. The van der Waals surface area contributed by atoms with Crippen molar-refractivity contribution in [3.05, 3.63) is 65.2 Å². The number of hydrogen-bond acceptors (Lipinski definition) is 2. The van der Waals surface area contributed by atoms with Gasteiger partial charge in [-0.2, -0.15) is 0 Å². The van der Waals surface area contributed by atoms with Gasteiger partial charge in [0.2, 0.25) is 0 Å². The van der Waals surface area contributed by atoms with Crippen LogP contribution in [0, 0.1) is 12.7 Å². The van der Waals surface area contributed by atoms with E-state index in [0.717, 1.165) is 22.4 Å². The second-order valence-electron chi connectivity index (χ2n) is 5.41. The normalized spacial score (nSPS) is 12.8. The van der Waals surface area contributed by atoms with Crippen molar-refractivity contribution in [1.29, 1.82) is 0 Å². The van der Waals surface area contributed by atoms with Crippen LogP contribution in [0.2, 0.25) is 0 Å². The van der Waals surface area contributed by atoms with Gasteiger partial charge in [0, 0.05) is 25.1 Å². The topological polar surface area (TPSA) is 43.8 Å². The average Bonchev–Trinajstić information content (AvgIpc) is 2.78. The van der Waals surface area contributed by atoms with Gasteiger partial charge in [-0.3, -0.25) is 0 Å². The Morgan fingerprint density at radius 3 is 2.76 bits per heavy atom. The van der Waals surface area contributed by atoms with E-state index < -0.39 is 6.04 Å². The lowest BCUT2D eigenvalue weighted by atomic mass is 10.0. The van der Waals surface area contributed by atoms with E-state index >= 15 is 0 Å². The molecule has 3 nitrogen and oxygen atoms in total. The van der Waals surface area contributed by atoms with E-state index in [1.807, 2.05) is 48.9 Å². The van der Waals surface area contributed by atoms with Gasteiger partial charge in [0.25, 0.3) is 0 Å². The minimum Gasteiger partial charge on any atom is -0.331 e. The molecule has 4 heteroatoms.